The van der Waals surface area contributed by atoms with Gasteiger partial charge in [0.2, 0.25) is 10.0 Å². The van der Waals surface area contributed by atoms with Crippen LogP contribution in [0.25, 0.3) is 0 Å². The summed E-state index contributed by atoms with van der Waals surface area (Å²) in [5.41, 5.74) is -0.665. The van der Waals surface area contributed by atoms with Crippen molar-refractivity contribution in [1.82, 2.24) is 14.2 Å². The summed E-state index contributed by atoms with van der Waals surface area (Å²) in [6, 6.07) is 1.37. The minimum absolute atomic E-state index is 0.0916. The summed E-state index contributed by atoms with van der Waals surface area (Å²) in [7, 11) is -2.02. The average Bonchev–Trinajstić information content (AvgIpc) is 3.04. The molecule has 0 saturated carbocycles. The molecular formula is C18H29N3O5S. The number of carboxylic acid groups (broad SMARTS) is 1. The molecule has 9 heteroatoms. The van der Waals surface area contributed by atoms with Crippen LogP contribution in [0, 0.1) is 0 Å². The molecule has 1 aliphatic rings. The van der Waals surface area contributed by atoms with Crippen LogP contribution in [0.15, 0.2) is 17.2 Å². The number of aryl methyl sites for hydroxylation is 1. The minimum atomic E-state index is -3.63. The van der Waals surface area contributed by atoms with Crippen LogP contribution in [0.2, 0.25) is 0 Å². The van der Waals surface area contributed by atoms with Gasteiger partial charge in [0.05, 0.1) is 12.0 Å². The molecule has 2 N–H and O–H groups in total. The number of carbonyl (C=O) groups excluding carboxylic acids is 1. The molecule has 152 valence electrons. The Morgan fingerprint density at radius 2 is 1.78 bits per heavy atom. The fourth-order valence-corrected chi connectivity index (χ4v) is 5.06. The van der Waals surface area contributed by atoms with Crippen molar-refractivity contribution in [2.45, 2.75) is 62.8 Å². The van der Waals surface area contributed by atoms with Gasteiger partial charge in [0.1, 0.15) is 10.6 Å². The van der Waals surface area contributed by atoms with E-state index in [-0.39, 0.29) is 17.0 Å². The largest absolute Gasteiger partial charge is 0.481 e. The lowest BCUT2D eigenvalue weighted by atomic mass is 9.89. The van der Waals surface area contributed by atoms with Crippen molar-refractivity contribution in [1.29, 1.82) is 0 Å². The molecule has 2 rings (SSSR count). The monoisotopic (exact) mass is 399 g/mol. The molecule has 0 aliphatic carbocycles. The molecule has 1 aromatic heterocycles. The van der Waals surface area contributed by atoms with E-state index in [1.807, 2.05) is 13.8 Å². The molecule has 0 unspecified atom stereocenters. The van der Waals surface area contributed by atoms with Crippen LogP contribution in [0.3, 0.4) is 0 Å². The second kappa shape index (κ2) is 8.43. The molecule has 1 amide bonds. The average molecular weight is 400 g/mol. The first-order valence-electron chi connectivity index (χ1n) is 9.36. The maximum absolute atomic E-state index is 12.8. The van der Waals surface area contributed by atoms with Crippen LogP contribution in [0.4, 0.5) is 0 Å². The lowest BCUT2D eigenvalue weighted by Gasteiger charge is -2.31. The van der Waals surface area contributed by atoms with Gasteiger partial charge in [-0.1, -0.05) is 20.3 Å². The van der Waals surface area contributed by atoms with Crippen LogP contribution in [0.5, 0.6) is 0 Å². The second-order valence-corrected chi connectivity index (χ2v) is 9.09. The van der Waals surface area contributed by atoms with Crippen LogP contribution in [-0.2, 0) is 21.9 Å². The van der Waals surface area contributed by atoms with Crippen LogP contribution < -0.4 is 5.32 Å². The quantitative estimate of drug-likeness (QED) is 0.695. The molecule has 0 aromatic carbocycles. The number of nitrogens with zero attached hydrogens (tertiary/aromatic N) is 2. The summed E-state index contributed by atoms with van der Waals surface area (Å²) in [5, 5.41) is 12.0. The molecule has 1 aliphatic heterocycles. The van der Waals surface area contributed by atoms with E-state index >= 15 is 0 Å². The highest BCUT2D eigenvalue weighted by molar-refractivity contribution is 7.89. The molecule has 1 saturated heterocycles. The highest BCUT2D eigenvalue weighted by Gasteiger charge is 2.33. The van der Waals surface area contributed by atoms with Crippen molar-refractivity contribution < 1.29 is 23.1 Å². The Kier molecular flexibility index (Phi) is 6.69. The molecule has 27 heavy (non-hydrogen) atoms. The maximum Gasteiger partial charge on any atom is 0.305 e. The molecular weight excluding hydrogens is 370 g/mol. The van der Waals surface area contributed by atoms with Gasteiger partial charge in [0.25, 0.3) is 5.91 Å². The van der Waals surface area contributed by atoms with Gasteiger partial charge in [-0.25, -0.2) is 8.42 Å². The Labute approximate surface area is 160 Å². The third-order valence-corrected chi connectivity index (χ3v) is 7.25. The van der Waals surface area contributed by atoms with E-state index in [1.54, 1.807) is 7.05 Å². The van der Waals surface area contributed by atoms with Gasteiger partial charge in [0.15, 0.2) is 0 Å². The highest BCUT2D eigenvalue weighted by Crippen LogP contribution is 2.24. The van der Waals surface area contributed by atoms with Gasteiger partial charge < -0.3 is 15.0 Å². The summed E-state index contributed by atoms with van der Waals surface area (Å²) in [6.45, 7) is 4.63. The molecule has 0 spiro atoms. The number of hydrogen-bond donors (Lipinski definition) is 2. The first-order chi connectivity index (χ1) is 12.6. The zero-order valence-corrected chi connectivity index (χ0v) is 17.0. The smallest absolute Gasteiger partial charge is 0.305 e. The summed E-state index contributed by atoms with van der Waals surface area (Å²) in [6.07, 6.45) is 4.88. The fourth-order valence-electron chi connectivity index (χ4n) is 3.47. The number of sulfonamides is 1. The summed E-state index contributed by atoms with van der Waals surface area (Å²) in [4.78, 5) is 24.0. The molecule has 8 nitrogen and oxygen atoms in total. The topological polar surface area (TPSA) is 109 Å². The van der Waals surface area contributed by atoms with Crippen molar-refractivity contribution in [3.63, 3.8) is 0 Å². The van der Waals surface area contributed by atoms with Gasteiger partial charge in [-0.2, -0.15) is 4.31 Å². The van der Waals surface area contributed by atoms with E-state index in [2.05, 4.69) is 5.32 Å². The number of amides is 1. The first-order valence-corrected chi connectivity index (χ1v) is 10.8. The molecule has 1 fully saturated rings. The standard InChI is InChI=1S/C18H29N3O5S/c1-4-18(5-2,12-16(22)23)19-17(24)15-11-14(13-20(15)3)27(25,26)21-9-7-6-8-10-21/h11,13H,4-10,12H2,1-3H3,(H,19,24)(H,22,23). The number of rotatable bonds is 8. The zero-order valence-electron chi connectivity index (χ0n) is 16.2. The van der Waals surface area contributed by atoms with Crippen molar-refractivity contribution in [2.75, 3.05) is 13.1 Å². The molecule has 0 radical (unpaired) electrons. The van der Waals surface area contributed by atoms with Crippen LogP contribution >= 0.6 is 0 Å². The van der Waals surface area contributed by atoms with Gasteiger partial charge in [-0.3, -0.25) is 9.59 Å². The third kappa shape index (κ3) is 4.70. The van der Waals surface area contributed by atoms with Gasteiger partial charge >= 0.3 is 5.97 Å². The zero-order chi connectivity index (χ0) is 20.2. The number of piperidine rings is 1. The molecule has 1 aromatic rings. The van der Waals surface area contributed by atoms with E-state index in [4.69, 9.17) is 5.11 Å². The number of carbonyl (C=O) groups is 2. The van der Waals surface area contributed by atoms with Crippen molar-refractivity contribution >= 4 is 21.9 Å². The third-order valence-electron chi connectivity index (χ3n) is 5.39. The summed E-state index contributed by atoms with van der Waals surface area (Å²) < 4.78 is 28.6. The number of nitrogens with one attached hydrogen (secondary N) is 1. The van der Waals surface area contributed by atoms with Crippen molar-refractivity contribution in [2.24, 2.45) is 7.05 Å². The number of aromatic nitrogens is 1. The Bertz CT molecular complexity index is 790. The van der Waals surface area contributed by atoms with Crippen molar-refractivity contribution in [3.8, 4) is 0 Å². The van der Waals surface area contributed by atoms with Gasteiger partial charge in [0, 0.05) is 26.3 Å². The predicted octanol–water partition coefficient (Wildman–Crippen LogP) is 1.96. The lowest BCUT2D eigenvalue weighted by Crippen LogP contribution is -2.49. The minimum Gasteiger partial charge on any atom is -0.481 e. The van der Waals surface area contributed by atoms with E-state index in [9.17, 15) is 18.0 Å². The number of aliphatic carboxylic acids is 1. The van der Waals surface area contributed by atoms with Crippen molar-refractivity contribution in [3.05, 3.63) is 18.0 Å². The number of carboxylic acids is 1. The molecule has 0 bridgehead atoms. The SMILES string of the molecule is CCC(CC)(CC(=O)O)NC(=O)c1cc(S(=O)(=O)N2CCCCC2)cn1C. The van der Waals surface area contributed by atoms with Crippen LogP contribution in [-0.4, -0.2) is 52.9 Å². The normalized spacial score (nSPS) is 16.3. The first kappa shape index (κ1) is 21.4. The molecule has 0 atom stereocenters. The summed E-state index contributed by atoms with van der Waals surface area (Å²) in [5.74, 6) is -1.46. The number of hydrogen-bond acceptors (Lipinski definition) is 4. The Balaban J connectivity index is 2.26. The van der Waals surface area contributed by atoms with E-state index < -0.39 is 27.4 Å². The van der Waals surface area contributed by atoms with Crippen LogP contribution in [0.1, 0.15) is 62.9 Å². The van der Waals surface area contributed by atoms with Gasteiger partial charge in [-0.15, -0.1) is 0 Å². The second-order valence-electron chi connectivity index (χ2n) is 7.15. The van der Waals surface area contributed by atoms with Gasteiger partial charge in [-0.05, 0) is 31.7 Å². The Morgan fingerprint density at radius 3 is 2.30 bits per heavy atom. The van der Waals surface area contributed by atoms with E-state index in [0.717, 1.165) is 19.3 Å². The lowest BCUT2D eigenvalue weighted by molar-refractivity contribution is -0.138. The fraction of sp³-hybridized carbons (Fsp3) is 0.667. The predicted molar refractivity (Wildman–Crippen MR) is 101 cm³/mol. The maximum atomic E-state index is 12.8. The Morgan fingerprint density at radius 1 is 1.19 bits per heavy atom. The Hall–Kier alpha value is -1.87. The highest BCUT2D eigenvalue weighted by atomic mass is 32.2. The van der Waals surface area contributed by atoms with E-state index in [0.29, 0.717) is 25.9 Å². The summed E-state index contributed by atoms with van der Waals surface area (Å²) >= 11 is 0. The van der Waals surface area contributed by atoms with E-state index in [1.165, 1.54) is 21.1 Å². The molecule has 2 heterocycles.